The molecule has 0 aliphatic rings. The molecule has 1 aromatic heterocycles. The molecule has 0 saturated heterocycles. The third kappa shape index (κ3) is 3.26. The largest absolute Gasteiger partial charge is 0.292 e. The predicted octanol–water partition coefficient (Wildman–Crippen LogP) is 6.07. The van der Waals surface area contributed by atoms with Gasteiger partial charge in [0.2, 0.25) is 0 Å². The van der Waals surface area contributed by atoms with E-state index in [1.54, 1.807) is 18.2 Å². The lowest BCUT2D eigenvalue weighted by Gasteiger charge is -2.10. The first-order valence-corrected chi connectivity index (χ1v) is 8.43. The molecule has 2 rings (SSSR count). The van der Waals surface area contributed by atoms with E-state index in [0.29, 0.717) is 25.0 Å². The second kappa shape index (κ2) is 6.59. The van der Waals surface area contributed by atoms with Gasteiger partial charge in [-0.25, -0.2) is 0 Å². The van der Waals surface area contributed by atoms with E-state index < -0.39 is 5.92 Å². The molecular formula is C13H5Br2Cl2NOS. The number of hydrogen-bond acceptors (Lipinski definition) is 3. The second-order valence-corrected chi connectivity index (χ2v) is 8.42. The number of benzene rings is 1. The molecule has 0 spiro atoms. The average molecular weight is 454 g/mol. The van der Waals surface area contributed by atoms with Gasteiger partial charge in [-0.2, -0.15) is 5.26 Å². The maximum absolute atomic E-state index is 12.5. The van der Waals surface area contributed by atoms with Crippen LogP contribution < -0.4 is 0 Å². The summed E-state index contributed by atoms with van der Waals surface area (Å²) >= 11 is 19.9. The third-order valence-electron chi connectivity index (χ3n) is 2.59. The van der Waals surface area contributed by atoms with Gasteiger partial charge in [0.05, 0.1) is 13.6 Å². The molecule has 0 fully saturated rings. The number of rotatable bonds is 3. The summed E-state index contributed by atoms with van der Waals surface area (Å²) in [6.07, 6.45) is 0. The Morgan fingerprint density at radius 3 is 2.50 bits per heavy atom. The van der Waals surface area contributed by atoms with E-state index in [-0.39, 0.29) is 5.78 Å². The van der Waals surface area contributed by atoms with Gasteiger partial charge in [0, 0.05) is 15.6 Å². The average Bonchev–Trinajstić information content (AvgIpc) is 2.71. The topological polar surface area (TPSA) is 40.9 Å². The number of ketones is 1. The highest BCUT2D eigenvalue weighted by Gasteiger charge is 2.26. The van der Waals surface area contributed by atoms with Crippen LogP contribution in [0.15, 0.2) is 31.8 Å². The van der Waals surface area contributed by atoms with Crippen LogP contribution in [0.3, 0.4) is 0 Å². The lowest BCUT2D eigenvalue weighted by Crippen LogP contribution is -2.11. The fraction of sp³-hybridized carbons (Fsp3) is 0.0769. The Balaban J connectivity index is 2.45. The van der Waals surface area contributed by atoms with Crippen molar-refractivity contribution in [1.82, 2.24) is 0 Å². The van der Waals surface area contributed by atoms with Crippen LogP contribution in [0, 0.1) is 11.3 Å². The number of hydrogen-bond donors (Lipinski definition) is 0. The standard InChI is InChI=1S/C13H5Br2Cl2NOS/c14-11-4-8(13(15)20-11)12(19)9(5-18)7-2-1-6(16)3-10(7)17/h1-4,9H. The molecule has 1 unspecified atom stereocenters. The van der Waals surface area contributed by atoms with Crippen molar-refractivity contribution in [2.24, 2.45) is 0 Å². The number of thiophene rings is 1. The minimum Gasteiger partial charge on any atom is -0.292 e. The van der Waals surface area contributed by atoms with Crippen molar-refractivity contribution in [2.45, 2.75) is 5.92 Å². The Morgan fingerprint density at radius 1 is 1.30 bits per heavy atom. The van der Waals surface area contributed by atoms with Gasteiger partial charge in [-0.05, 0) is 55.6 Å². The SMILES string of the molecule is N#CC(C(=O)c1cc(Br)sc1Br)c1ccc(Cl)cc1Cl. The molecule has 20 heavy (non-hydrogen) atoms. The van der Waals surface area contributed by atoms with Crippen LogP contribution in [0.1, 0.15) is 21.8 Å². The fourth-order valence-electron chi connectivity index (χ4n) is 1.67. The first kappa shape index (κ1) is 16.0. The van der Waals surface area contributed by atoms with Crippen LogP contribution in [0.4, 0.5) is 0 Å². The molecule has 0 N–H and O–H groups in total. The highest BCUT2D eigenvalue weighted by molar-refractivity contribution is 9.12. The Hall–Kier alpha value is -0.380. The molecule has 1 atom stereocenters. The van der Waals surface area contributed by atoms with Crippen molar-refractivity contribution >= 4 is 72.2 Å². The van der Waals surface area contributed by atoms with Gasteiger partial charge >= 0.3 is 0 Å². The lowest BCUT2D eigenvalue weighted by atomic mass is 9.93. The summed E-state index contributed by atoms with van der Waals surface area (Å²) in [6, 6.07) is 8.43. The van der Waals surface area contributed by atoms with Crippen LogP contribution in [-0.4, -0.2) is 5.78 Å². The van der Waals surface area contributed by atoms with E-state index >= 15 is 0 Å². The fourth-order valence-corrected chi connectivity index (χ4v) is 5.00. The van der Waals surface area contributed by atoms with Crippen molar-refractivity contribution in [3.8, 4) is 6.07 Å². The van der Waals surface area contributed by atoms with Crippen molar-refractivity contribution in [2.75, 3.05) is 0 Å². The van der Waals surface area contributed by atoms with E-state index in [4.69, 9.17) is 23.2 Å². The van der Waals surface area contributed by atoms with Crippen LogP contribution in [0.2, 0.25) is 10.0 Å². The molecule has 102 valence electrons. The highest BCUT2D eigenvalue weighted by atomic mass is 79.9. The molecule has 0 amide bonds. The zero-order valence-corrected chi connectivity index (χ0v) is 15.2. The first-order valence-electron chi connectivity index (χ1n) is 5.27. The molecule has 2 nitrogen and oxygen atoms in total. The molecule has 7 heteroatoms. The molecule has 0 bridgehead atoms. The van der Waals surface area contributed by atoms with Crippen LogP contribution >= 0.6 is 66.4 Å². The summed E-state index contributed by atoms with van der Waals surface area (Å²) < 4.78 is 1.49. The normalized spacial score (nSPS) is 11.9. The Bertz CT molecular complexity index is 724. The minimum atomic E-state index is -0.961. The third-order valence-corrected chi connectivity index (χ3v) is 5.49. The number of halogens is 4. The molecule has 0 aliphatic heterocycles. The zero-order valence-electron chi connectivity index (χ0n) is 9.66. The van der Waals surface area contributed by atoms with E-state index in [9.17, 15) is 10.1 Å². The molecular weight excluding hydrogens is 449 g/mol. The molecule has 2 aromatic rings. The van der Waals surface area contributed by atoms with Crippen LogP contribution in [0.5, 0.6) is 0 Å². The highest BCUT2D eigenvalue weighted by Crippen LogP contribution is 2.36. The molecule has 0 saturated carbocycles. The number of nitriles is 1. The summed E-state index contributed by atoms with van der Waals surface area (Å²) in [6.45, 7) is 0. The van der Waals surface area contributed by atoms with E-state index in [0.717, 1.165) is 3.79 Å². The maximum Gasteiger partial charge on any atom is 0.186 e. The smallest absolute Gasteiger partial charge is 0.186 e. The van der Waals surface area contributed by atoms with Crippen molar-refractivity contribution in [1.29, 1.82) is 5.26 Å². The first-order chi connectivity index (χ1) is 9.43. The molecule has 1 heterocycles. The summed E-state index contributed by atoms with van der Waals surface area (Å²) in [4.78, 5) is 12.5. The van der Waals surface area contributed by atoms with E-state index in [1.807, 2.05) is 6.07 Å². The summed E-state index contributed by atoms with van der Waals surface area (Å²) in [5, 5.41) is 10.1. The van der Waals surface area contributed by atoms with Crippen molar-refractivity contribution in [3.63, 3.8) is 0 Å². The van der Waals surface area contributed by atoms with Crippen molar-refractivity contribution in [3.05, 3.63) is 53.0 Å². The minimum absolute atomic E-state index is 0.300. The van der Waals surface area contributed by atoms with Crippen LogP contribution in [0.25, 0.3) is 0 Å². The molecule has 0 aliphatic carbocycles. The number of Topliss-reactive ketones (excluding diaryl/α,β-unsaturated/α-hetero) is 1. The van der Waals surface area contributed by atoms with Gasteiger partial charge in [0.25, 0.3) is 0 Å². The van der Waals surface area contributed by atoms with Gasteiger partial charge in [-0.1, -0.05) is 29.3 Å². The van der Waals surface area contributed by atoms with Gasteiger partial charge in [0.1, 0.15) is 5.92 Å². The van der Waals surface area contributed by atoms with Gasteiger partial charge in [0.15, 0.2) is 5.78 Å². The molecule has 0 radical (unpaired) electrons. The summed E-state index contributed by atoms with van der Waals surface area (Å²) in [5.74, 6) is -1.26. The van der Waals surface area contributed by atoms with Gasteiger partial charge in [-0.3, -0.25) is 4.79 Å². The maximum atomic E-state index is 12.5. The number of nitrogens with zero attached hydrogens (tertiary/aromatic N) is 1. The van der Waals surface area contributed by atoms with E-state index in [2.05, 4.69) is 31.9 Å². The predicted molar refractivity (Wildman–Crippen MR) is 88.9 cm³/mol. The lowest BCUT2D eigenvalue weighted by molar-refractivity contribution is 0.0978. The molecule has 1 aromatic carbocycles. The van der Waals surface area contributed by atoms with Crippen LogP contribution in [-0.2, 0) is 0 Å². The Kier molecular flexibility index (Phi) is 5.27. The Labute approximate surface area is 146 Å². The number of carbonyl (C=O) groups is 1. The van der Waals surface area contributed by atoms with E-state index in [1.165, 1.54) is 17.4 Å². The van der Waals surface area contributed by atoms with Crippen molar-refractivity contribution < 1.29 is 4.79 Å². The second-order valence-electron chi connectivity index (χ2n) is 3.83. The van der Waals surface area contributed by atoms with Gasteiger partial charge < -0.3 is 0 Å². The monoisotopic (exact) mass is 451 g/mol. The quantitative estimate of drug-likeness (QED) is 0.529. The zero-order chi connectivity index (χ0) is 14.9. The van der Waals surface area contributed by atoms with Gasteiger partial charge in [-0.15, -0.1) is 11.3 Å². The Morgan fingerprint density at radius 2 is 2.00 bits per heavy atom. The summed E-state index contributed by atoms with van der Waals surface area (Å²) in [5.41, 5.74) is 0.914. The summed E-state index contributed by atoms with van der Waals surface area (Å²) in [7, 11) is 0. The number of carbonyl (C=O) groups excluding carboxylic acids is 1.